The SMILES string of the molecule is O=C(Oc1cc(F)c2c(F)c3c(F)c(OC(=O)c4cc(F)c(F)c(F)c4)ccc3cc2c1)c1cc(F)c(F)c(F)c1. The fourth-order valence-electron chi connectivity index (χ4n) is 3.96. The molecule has 0 heterocycles. The second-order valence-electron chi connectivity index (χ2n) is 8.46. The normalized spacial score (nSPS) is 11.2. The Morgan fingerprint density at radius 1 is 0.463 bits per heavy atom. The minimum atomic E-state index is -1.86. The molecule has 5 aromatic rings. The molecule has 0 spiro atoms. The van der Waals surface area contributed by atoms with Crippen LogP contribution in [-0.2, 0) is 0 Å². The van der Waals surface area contributed by atoms with Crippen LogP contribution >= 0.6 is 0 Å². The summed E-state index contributed by atoms with van der Waals surface area (Å²) >= 11 is 0. The van der Waals surface area contributed by atoms with Crippen LogP contribution in [0.4, 0.5) is 39.5 Å². The molecule has 0 amide bonds. The van der Waals surface area contributed by atoms with Gasteiger partial charge in [0.2, 0.25) is 0 Å². The minimum absolute atomic E-state index is 0.197. The molecule has 0 aliphatic heterocycles. The number of rotatable bonds is 4. The zero-order valence-electron chi connectivity index (χ0n) is 19.7. The molecule has 0 radical (unpaired) electrons. The second kappa shape index (κ2) is 10.2. The van der Waals surface area contributed by atoms with Crippen molar-refractivity contribution in [1.29, 1.82) is 0 Å². The molecular weight excluding hydrogens is 571 g/mol. The van der Waals surface area contributed by atoms with Gasteiger partial charge in [0.25, 0.3) is 0 Å². The summed E-state index contributed by atoms with van der Waals surface area (Å²) in [6.07, 6.45) is 0. The molecule has 13 heteroatoms. The van der Waals surface area contributed by atoms with Gasteiger partial charge >= 0.3 is 11.9 Å². The van der Waals surface area contributed by atoms with Crippen LogP contribution in [0.5, 0.6) is 11.5 Å². The maximum absolute atomic E-state index is 15.4. The summed E-state index contributed by atoms with van der Waals surface area (Å²) in [5, 5.41) is -2.09. The van der Waals surface area contributed by atoms with Crippen molar-refractivity contribution in [2.45, 2.75) is 0 Å². The molecule has 0 bridgehead atoms. The van der Waals surface area contributed by atoms with E-state index in [1.807, 2.05) is 0 Å². The Balaban J connectivity index is 1.51. The van der Waals surface area contributed by atoms with Crippen LogP contribution in [-0.4, -0.2) is 11.9 Å². The number of fused-ring (bicyclic) bond motifs is 2. The number of halogens is 9. The van der Waals surface area contributed by atoms with E-state index in [1.54, 1.807) is 0 Å². The Kier molecular flexibility index (Phi) is 6.81. The zero-order valence-corrected chi connectivity index (χ0v) is 19.7. The minimum Gasteiger partial charge on any atom is -0.423 e. The van der Waals surface area contributed by atoms with E-state index in [0.717, 1.165) is 24.3 Å². The van der Waals surface area contributed by atoms with E-state index in [0.29, 0.717) is 30.3 Å². The lowest BCUT2D eigenvalue weighted by Gasteiger charge is -2.12. The van der Waals surface area contributed by atoms with E-state index in [2.05, 4.69) is 0 Å². The van der Waals surface area contributed by atoms with Gasteiger partial charge in [-0.15, -0.1) is 0 Å². The van der Waals surface area contributed by atoms with Crippen molar-refractivity contribution < 1.29 is 58.6 Å². The molecule has 0 atom stereocenters. The lowest BCUT2D eigenvalue weighted by Crippen LogP contribution is -2.11. The van der Waals surface area contributed by atoms with Crippen molar-refractivity contribution in [1.82, 2.24) is 0 Å². The zero-order chi connectivity index (χ0) is 29.7. The number of carbonyl (C=O) groups is 2. The van der Waals surface area contributed by atoms with Gasteiger partial charge in [-0.1, -0.05) is 6.07 Å². The van der Waals surface area contributed by atoms with Gasteiger partial charge in [-0.05, 0) is 53.2 Å². The number of ether oxygens (including phenoxy) is 2. The van der Waals surface area contributed by atoms with Crippen molar-refractivity contribution in [2.75, 3.05) is 0 Å². The van der Waals surface area contributed by atoms with Crippen molar-refractivity contribution in [3.05, 3.63) is 118 Å². The first kappa shape index (κ1) is 27.5. The standard InChI is InChI=1S/C28H9F9O4/c29-15-9-14(40-27(38)12-5-16(30)23(34)17(31)6-12)4-11-3-10-1-2-20(25(36)22(10)26(37)21(11)15)41-28(39)13-7-18(32)24(35)19(33)8-13/h1-9H. The van der Waals surface area contributed by atoms with Gasteiger partial charge in [0.15, 0.2) is 46.5 Å². The quantitative estimate of drug-likeness (QED) is 0.0720. The molecule has 5 aromatic carbocycles. The molecule has 0 saturated carbocycles. The predicted molar refractivity (Wildman–Crippen MR) is 124 cm³/mol. The van der Waals surface area contributed by atoms with Crippen molar-refractivity contribution in [3.8, 4) is 11.5 Å². The number of esters is 2. The van der Waals surface area contributed by atoms with Gasteiger partial charge < -0.3 is 9.47 Å². The summed E-state index contributed by atoms with van der Waals surface area (Å²) in [5.41, 5.74) is -1.57. The van der Waals surface area contributed by atoms with E-state index in [1.165, 1.54) is 0 Å². The second-order valence-corrected chi connectivity index (χ2v) is 8.46. The van der Waals surface area contributed by atoms with E-state index < -0.39 is 97.7 Å². The average molecular weight is 580 g/mol. The lowest BCUT2D eigenvalue weighted by atomic mass is 10.0. The molecule has 208 valence electrons. The lowest BCUT2D eigenvalue weighted by molar-refractivity contribution is 0.0720. The first-order valence-electron chi connectivity index (χ1n) is 11.1. The molecule has 41 heavy (non-hydrogen) atoms. The molecule has 5 rings (SSSR count). The van der Waals surface area contributed by atoms with Crippen LogP contribution in [0, 0.1) is 52.4 Å². The van der Waals surface area contributed by atoms with Crippen LogP contribution in [0.2, 0.25) is 0 Å². The highest BCUT2D eigenvalue weighted by Gasteiger charge is 2.23. The van der Waals surface area contributed by atoms with Crippen LogP contribution < -0.4 is 9.47 Å². The highest BCUT2D eigenvalue weighted by molar-refractivity contribution is 6.01. The Bertz CT molecular complexity index is 1890. The Morgan fingerprint density at radius 2 is 0.976 bits per heavy atom. The number of hydrogen-bond donors (Lipinski definition) is 0. The predicted octanol–water partition coefficient (Wildman–Crippen LogP) is 7.68. The molecular formula is C28H9F9O4. The van der Waals surface area contributed by atoms with E-state index >= 15 is 8.78 Å². The van der Waals surface area contributed by atoms with Gasteiger partial charge in [-0.3, -0.25) is 0 Å². The Morgan fingerprint density at radius 3 is 1.51 bits per heavy atom. The van der Waals surface area contributed by atoms with Gasteiger partial charge in [0.1, 0.15) is 17.4 Å². The largest absolute Gasteiger partial charge is 0.423 e. The van der Waals surface area contributed by atoms with Crippen molar-refractivity contribution in [2.24, 2.45) is 0 Å². The molecule has 0 aromatic heterocycles. The summed E-state index contributed by atoms with van der Waals surface area (Å²) < 4.78 is 135. The summed E-state index contributed by atoms with van der Waals surface area (Å²) in [6.45, 7) is 0. The first-order valence-corrected chi connectivity index (χ1v) is 11.1. The van der Waals surface area contributed by atoms with Crippen molar-refractivity contribution in [3.63, 3.8) is 0 Å². The fourth-order valence-corrected chi connectivity index (χ4v) is 3.96. The molecule has 0 aliphatic rings. The topological polar surface area (TPSA) is 52.6 Å². The summed E-state index contributed by atoms with van der Waals surface area (Å²) in [7, 11) is 0. The highest BCUT2D eigenvalue weighted by atomic mass is 19.2. The number of carbonyl (C=O) groups excluding carboxylic acids is 2. The molecule has 0 unspecified atom stereocenters. The van der Waals surface area contributed by atoms with Crippen LogP contribution in [0.15, 0.2) is 54.6 Å². The Labute approximate surface area is 222 Å². The molecule has 0 saturated heterocycles. The highest BCUT2D eigenvalue weighted by Crippen LogP contribution is 2.36. The monoisotopic (exact) mass is 580 g/mol. The summed E-state index contributed by atoms with van der Waals surface area (Å²) in [5.74, 6) is -19.2. The third kappa shape index (κ3) is 4.90. The molecule has 0 aliphatic carbocycles. The van der Waals surface area contributed by atoms with Gasteiger partial charge in [-0.25, -0.2) is 49.1 Å². The maximum atomic E-state index is 15.4. The summed E-state index contributed by atoms with van der Waals surface area (Å²) in [4.78, 5) is 24.5. The Hall–Kier alpha value is -5.07. The first-order chi connectivity index (χ1) is 19.3. The number of hydrogen-bond acceptors (Lipinski definition) is 4. The third-order valence-corrected chi connectivity index (χ3v) is 5.84. The van der Waals surface area contributed by atoms with Gasteiger partial charge in [-0.2, -0.15) is 0 Å². The van der Waals surface area contributed by atoms with Crippen LogP contribution in [0.3, 0.4) is 0 Å². The fraction of sp³-hybridized carbons (Fsp3) is 0. The maximum Gasteiger partial charge on any atom is 0.343 e. The molecule has 0 N–H and O–H groups in total. The average Bonchev–Trinajstić information content (AvgIpc) is 2.90. The molecule has 0 fully saturated rings. The third-order valence-electron chi connectivity index (χ3n) is 5.84. The summed E-state index contributed by atoms with van der Waals surface area (Å²) in [6, 6.07) is 5.76. The smallest absolute Gasteiger partial charge is 0.343 e. The van der Waals surface area contributed by atoms with E-state index in [9.17, 15) is 40.3 Å². The van der Waals surface area contributed by atoms with E-state index in [4.69, 9.17) is 9.47 Å². The number of benzene rings is 5. The van der Waals surface area contributed by atoms with Crippen LogP contribution in [0.25, 0.3) is 21.5 Å². The molecule has 4 nitrogen and oxygen atoms in total. The van der Waals surface area contributed by atoms with Gasteiger partial charge in [0, 0.05) is 6.07 Å². The van der Waals surface area contributed by atoms with Crippen molar-refractivity contribution >= 4 is 33.5 Å². The van der Waals surface area contributed by atoms with Crippen LogP contribution in [0.1, 0.15) is 20.7 Å². The van der Waals surface area contributed by atoms with E-state index in [-0.39, 0.29) is 10.8 Å². The van der Waals surface area contributed by atoms with Gasteiger partial charge in [0.05, 0.1) is 21.9 Å².